The molecule has 0 fully saturated rings. The highest BCUT2D eigenvalue weighted by atomic mass is 16.4. The lowest BCUT2D eigenvalue weighted by Crippen LogP contribution is -2.40. The van der Waals surface area contributed by atoms with Gasteiger partial charge in [0.15, 0.2) is 0 Å². The van der Waals surface area contributed by atoms with Crippen LogP contribution in [0, 0.1) is 0 Å². The zero-order valence-corrected chi connectivity index (χ0v) is 12.5. The lowest BCUT2D eigenvalue weighted by molar-refractivity contribution is -0.139. The number of hydrogen-bond donors (Lipinski definition) is 3. The van der Waals surface area contributed by atoms with Gasteiger partial charge in [0, 0.05) is 19.0 Å². The van der Waals surface area contributed by atoms with Gasteiger partial charge in [0.05, 0.1) is 0 Å². The van der Waals surface area contributed by atoms with Crippen molar-refractivity contribution in [3.63, 3.8) is 0 Å². The van der Waals surface area contributed by atoms with Gasteiger partial charge < -0.3 is 15.7 Å². The highest BCUT2D eigenvalue weighted by Crippen LogP contribution is 2.06. The minimum Gasteiger partial charge on any atom is -0.480 e. The van der Waals surface area contributed by atoms with Crippen LogP contribution in [-0.4, -0.2) is 28.9 Å². The molecule has 3 N–H and O–H groups in total. The summed E-state index contributed by atoms with van der Waals surface area (Å²) in [5.41, 5.74) is 1.23. The number of carbonyl (C=O) groups is 3. The van der Waals surface area contributed by atoms with Gasteiger partial charge in [0.25, 0.3) is 5.91 Å². The number of aliphatic carboxylic acids is 1. The van der Waals surface area contributed by atoms with Crippen LogP contribution in [0.1, 0.15) is 35.7 Å². The molecular weight excluding hydrogens is 284 g/mol. The van der Waals surface area contributed by atoms with Crippen LogP contribution in [0.4, 0.5) is 0 Å². The summed E-state index contributed by atoms with van der Waals surface area (Å²) < 4.78 is 0. The molecule has 1 aromatic rings. The molecule has 1 atom stereocenters. The second kappa shape index (κ2) is 8.61. The standard InChI is InChI=1S/C16H20N2O4/c1-3-4-5-14(16(21)22)18-15(20)13-8-6-12(7-9-13)10-17-11(2)19/h3,6-9,14H,1,4-5,10H2,2H3,(H,17,19)(H,18,20)(H,21,22). The molecule has 0 heterocycles. The Labute approximate surface area is 129 Å². The van der Waals surface area contributed by atoms with E-state index in [2.05, 4.69) is 17.2 Å². The fourth-order valence-electron chi connectivity index (χ4n) is 1.78. The summed E-state index contributed by atoms with van der Waals surface area (Å²) in [5, 5.41) is 14.2. The number of carbonyl (C=O) groups excluding carboxylic acids is 2. The maximum absolute atomic E-state index is 12.0. The third kappa shape index (κ3) is 5.78. The van der Waals surface area contributed by atoms with E-state index in [1.807, 2.05) is 0 Å². The van der Waals surface area contributed by atoms with E-state index in [9.17, 15) is 14.4 Å². The Morgan fingerprint density at radius 1 is 1.27 bits per heavy atom. The smallest absolute Gasteiger partial charge is 0.326 e. The molecule has 1 unspecified atom stereocenters. The van der Waals surface area contributed by atoms with Crippen molar-refractivity contribution in [2.75, 3.05) is 0 Å². The normalized spacial score (nSPS) is 11.3. The minimum absolute atomic E-state index is 0.131. The first-order valence-corrected chi connectivity index (χ1v) is 6.92. The predicted molar refractivity (Wildman–Crippen MR) is 82.3 cm³/mol. The quantitative estimate of drug-likeness (QED) is 0.634. The van der Waals surface area contributed by atoms with Gasteiger partial charge in [-0.2, -0.15) is 0 Å². The van der Waals surface area contributed by atoms with E-state index in [4.69, 9.17) is 5.11 Å². The Morgan fingerprint density at radius 2 is 1.91 bits per heavy atom. The Morgan fingerprint density at radius 3 is 2.41 bits per heavy atom. The maximum Gasteiger partial charge on any atom is 0.326 e. The first-order chi connectivity index (χ1) is 10.4. The van der Waals surface area contributed by atoms with Crippen LogP contribution in [-0.2, 0) is 16.1 Å². The molecule has 22 heavy (non-hydrogen) atoms. The number of carboxylic acids is 1. The largest absolute Gasteiger partial charge is 0.480 e. The fourth-order valence-corrected chi connectivity index (χ4v) is 1.78. The molecule has 0 saturated carbocycles. The summed E-state index contributed by atoms with van der Waals surface area (Å²) in [6.07, 6.45) is 2.41. The first-order valence-electron chi connectivity index (χ1n) is 6.92. The van der Waals surface area contributed by atoms with Crippen molar-refractivity contribution in [3.8, 4) is 0 Å². The summed E-state index contributed by atoms with van der Waals surface area (Å²) in [5.74, 6) is -1.65. The molecule has 118 valence electrons. The van der Waals surface area contributed by atoms with Crippen molar-refractivity contribution in [2.24, 2.45) is 0 Å². The molecule has 2 amide bonds. The van der Waals surface area contributed by atoms with Gasteiger partial charge in [-0.05, 0) is 30.5 Å². The third-order valence-corrected chi connectivity index (χ3v) is 3.02. The molecule has 0 aromatic heterocycles. The first kappa shape index (κ1) is 17.4. The van der Waals surface area contributed by atoms with Gasteiger partial charge >= 0.3 is 5.97 Å². The van der Waals surface area contributed by atoms with Crippen molar-refractivity contribution in [1.82, 2.24) is 10.6 Å². The summed E-state index contributed by atoms with van der Waals surface area (Å²) in [4.78, 5) is 33.9. The number of amides is 2. The van der Waals surface area contributed by atoms with E-state index in [-0.39, 0.29) is 5.91 Å². The number of carboxylic acid groups (broad SMARTS) is 1. The SMILES string of the molecule is C=CCCC(NC(=O)c1ccc(CNC(C)=O)cc1)C(=O)O. The van der Waals surface area contributed by atoms with Crippen LogP contribution in [0.2, 0.25) is 0 Å². The zero-order valence-electron chi connectivity index (χ0n) is 12.5. The summed E-state index contributed by atoms with van der Waals surface area (Å²) in [7, 11) is 0. The molecule has 1 aromatic carbocycles. The van der Waals surface area contributed by atoms with Gasteiger partial charge in [0.2, 0.25) is 5.91 Å². The van der Waals surface area contributed by atoms with Crippen molar-refractivity contribution < 1.29 is 19.5 Å². The molecule has 0 saturated heterocycles. The molecule has 0 bridgehead atoms. The van der Waals surface area contributed by atoms with E-state index in [0.717, 1.165) is 5.56 Å². The summed E-state index contributed by atoms with van der Waals surface area (Å²) in [6.45, 7) is 5.34. The van der Waals surface area contributed by atoms with Crippen LogP contribution >= 0.6 is 0 Å². The van der Waals surface area contributed by atoms with Crippen molar-refractivity contribution in [2.45, 2.75) is 32.4 Å². The van der Waals surface area contributed by atoms with E-state index in [1.165, 1.54) is 6.92 Å². The third-order valence-electron chi connectivity index (χ3n) is 3.02. The van der Waals surface area contributed by atoms with Gasteiger partial charge in [-0.3, -0.25) is 9.59 Å². The zero-order chi connectivity index (χ0) is 16.5. The summed E-state index contributed by atoms with van der Waals surface area (Å²) in [6, 6.07) is 5.68. The molecule has 0 radical (unpaired) electrons. The predicted octanol–water partition coefficient (Wildman–Crippen LogP) is 1.47. The van der Waals surface area contributed by atoms with Gasteiger partial charge in [-0.25, -0.2) is 4.79 Å². The monoisotopic (exact) mass is 304 g/mol. The van der Waals surface area contributed by atoms with Crippen molar-refractivity contribution in [1.29, 1.82) is 0 Å². The number of benzene rings is 1. The van der Waals surface area contributed by atoms with E-state index < -0.39 is 17.9 Å². The van der Waals surface area contributed by atoms with Crippen LogP contribution in [0.15, 0.2) is 36.9 Å². The second-order valence-electron chi connectivity index (χ2n) is 4.84. The van der Waals surface area contributed by atoms with E-state index >= 15 is 0 Å². The summed E-state index contributed by atoms with van der Waals surface area (Å²) >= 11 is 0. The van der Waals surface area contributed by atoms with E-state index in [0.29, 0.717) is 24.9 Å². The van der Waals surface area contributed by atoms with Crippen LogP contribution in [0.5, 0.6) is 0 Å². The van der Waals surface area contributed by atoms with Crippen LogP contribution in [0.25, 0.3) is 0 Å². The molecular formula is C16H20N2O4. The topological polar surface area (TPSA) is 95.5 Å². The highest BCUT2D eigenvalue weighted by Gasteiger charge is 2.19. The Hall–Kier alpha value is -2.63. The highest BCUT2D eigenvalue weighted by molar-refractivity contribution is 5.96. The van der Waals surface area contributed by atoms with Crippen molar-refractivity contribution >= 4 is 17.8 Å². The molecule has 0 spiro atoms. The molecule has 1 rings (SSSR count). The Kier molecular flexibility index (Phi) is 6.82. The average Bonchev–Trinajstić information content (AvgIpc) is 2.49. The molecule has 0 aliphatic carbocycles. The fraction of sp³-hybridized carbons (Fsp3) is 0.312. The second-order valence-corrected chi connectivity index (χ2v) is 4.84. The number of nitrogens with one attached hydrogen (secondary N) is 2. The Bertz CT molecular complexity index is 552. The molecule has 6 heteroatoms. The van der Waals surface area contributed by atoms with Crippen molar-refractivity contribution in [3.05, 3.63) is 48.0 Å². The number of rotatable bonds is 8. The lowest BCUT2D eigenvalue weighted by Gasteiger charge is -2.13. The number of allylic oxidation sites excluding steroid dienone is 1. The molecule has 0 aliphatic heterocycles. The van der Waals surface area contributed by atoms with Crippen LogP contribution in [0.3, 0.4) is 0 Å². The maximum atomic E-state index is 12.0. The van der Waals surface area contributed by atoms with Gasteiger partial charge in [0.1, 0.15) is 6.04 Å². The average molecular weight is 304 g/mol. The Balaban J connectivity index is 2.65. The van der Waals surface area contributed by atoms with Gasteiger partial charge in [-0.1, -0.05) is 18.2 Å². The minimum atomic E-state index is -1.07. The molecule has 0 aliphatic rings. The van der Waals surface area contributed by atoms with E-state index in [1.54, 1.807) is 30.3 Å². The van der Waals surface area contributed by atoms with Gasteiger partial charge in [-0.15, -0.1) is 6.58 Å². The lowest BCUT2D eigenvalue weighted by atomic mass is 10.1. The van der Waals surface area contributed by atoms with Crippen LogP contribution < -0.4 is 10.6 Å². The molecule has 6 nitrogen and oxygen atoms in total. The number of hydrogen-bond acceptors (Lipinski definition) is 3.